The zero-order chi connectivity index (χ0) is 22.0. The van der Waals surface area contributed by atoms with Gasteiger partial charge in [-0.25, -0.2) is 8.42 Å². The number of nitrogens with zero attached hydrogens (tertiary/aromatic N) is 1. The number of hydrogen-bond acceptors (Lipinski definition) is 3. The van der Waals surface area contributed by atoms with E-state index in [0.717, 1.165) is 24.0 Å². The second-order valence-electron chi connectivity index (χ2n) is 6.40. The quantitative estimate of drug-likeness (QED) is 0.695. The summed E-state index contributed by atoms with van der Waals surface area (Å²) in [5.74, 6) is -0.681. The van der Waals surface area contributed by atoms with E-state index in [-0.39, 0.29) is 5.69 Å². The number of benzene rings is 2. The van der Waals surface area contributed by atoms with Crippen LogP contribution >= 0.6 is 11.6 Å². The lowest BCUT2D eigenvalue weighted by Crippen LogP contribution is -2.45. The first-order chi connectivity index (χ1) is 13.4. The second-order valence-corrected chi connectivity index (χ2v) is 8.66. The number of sulfonamides is 1. The van der Waals surface area contributed by atoms with E-state index in [1.54, 1.807) is 18.2 Å². The molecule has 0 aliphatic rings. The molecule has 2 aromatic carbocycles. The maximum Gasteiger partial charge on any atom is 0.417 e. The molecule has 1 atom stereocenters. The first kappa shape index (κ1) is 23.0. The zero-order valence-corrected chi connectivity index (χ0v) is 17.5. The van der Waals surface area contributed by atoms with Crippen molar-refractivity contribution in [3.63, 3.8) is 0 Å². The lowest BCUT2D eigenvalue weighted by atomic mass is 10.1. The van der Waals surface area contributed by atoms with E-state index >= 15 is 0 Å². The third-order valence-electron chi connectivity index (χ3n) is 4.25. The van der Waals surface area contributed by atoms with Gasteiger partial charge in [-0.3, -0.25) is 9.10 Å². The van der Waals surface area contributed by atoms with Gasteiger partial charge in [0.15, 0.2) is 0 Å². The number of alkyl halides is 3. The fourth-order valence-corrected chi connectivity index (χ4v) is 4.26. The molecule has 2 rings (SSSR count). The maximum absolute atomic E-state index is 13.2. The van der Waals surface area contributed by atoms with Gasteiger partial charge >= 0.3 is 6.18 Å². The monoisotopic (exact) mass is 448 g/mol. The van der Waals surface area contributed by atoms with Crippen molar-refractivity contribution in [2.75, 3.05) is 15.9 Å². The summed E-state index contributed by atoms with van der Waals surface area (Å²) in [6.45, 7) is 3.19. The summed E-state index contributed by atoms with van der Waals surface area (Å²) < 4.78 is 64.9. The van der Waals surface area contributed by atoms with Crippen molar-refractivity contribution in [3.05, 3.63) is 58.6 Å². The van der Waals surface area contributed by atoms with Crippen LogP contribution in [0.4, 0.5) is 24.5 Å². The predicted molar refractivity (Wildman–Crippen MR) is 108 cm³/mol. The fourth-order valence-electron chi connectivity index (χ4n) is 2.86. The molecule has 29 heavy (non-hydrogen) atoms. The van der Waals surface area contributed by atoms with Gasteiger partial charge in [0.05, 0.1) is 22.5 Å². The summed E-state index contributed by atoms with van der Waals surface area (Å²) in [5, 5.41) is 2.08. The van der Waals surface area contributed by atoms with Crippen LogP contribution in [0.3, 0.4) is 0 Å². The first-order valence-electron chi connectivity index (χ1n) is 8.61. The molecular weight excluding hydrogens is 429 g/mol. The number of para-hydroxylation sites is 1. The van der Waals surface area contributed by atoms with Crippen LogP contribution in [0, 0.1) is 0 Å². The Hall–Kier alpha value is -2.26. The number of anilines is 2. The summed E-state index contributed by atoms with van der Waals surface area (Å²) in [5.41, 5.74) is -0.151. The van der Waals surface area contributed by atoms with Crippen LogP contribution in [-0.2, 0) is 27.4 Å². The lowest BCUT2D eigenvalue weighted by molar-refractivity contribution is -0.137. The Morgan fingerprint density at radius 3 is 2.38 bits per heavy atom. The zero-order valence-electron chi connectivity index (χ0n) is 15.9. The molecule has 5 nitrogen and oxygen atoms in total. The largest absolute Gasteiger partial charge is 0.417 e. The normalized spacial score (nSPS) is 13.1. The van der Waals surface area contributed by atoms with E-state index in [0.29, 0.717) is 22.5 Å². The lowest BCUT2D eigenvalue weighted by Gasteiger charge is -2.29. The molecule has 0 aliphatic heterocycles. The smallest absolute Gasteiger partial charge is 0.324 e. The van der Waals surface area contributed by atoms with Crippen LogP contribution in [0.5, 0.6) is 0 Å². The molecule has 0 saturated heterocycles. The molecule has 0 aromatic heterocycles. The average molecular weight is 449 g/mol. The van der Waals surface area contributed by atoms with E-state index in [4.69, 9.17) is 11.6 Å². The van der Waals surface area contributed by atoms with E-state index in [1.807, 2.05) is 13.0 Å². The SMILES string of the molecule is CCc1ccccc1NC(=O)[C@@H](C)N(c1ccc(Cl)c(C(F)(F)F)c1)S(C)(=O)=O. The van der Waals surface area contributed by atoms with Crippen molar-refractivity contribution in [2.45, 2.75) is 32.5 Å². The Bertz CT molecular complexity index is 1010. The number of aryl methyl sites for hydroxylation is 1. The van der Waals surface area contributed by atoms with Gasteiger partial charge < -0.3 is 5.32 Å². The van der Waals surface area contributed by atoms with Crippen LogP contribution in [-0.4, -0.2) is 26.6 Å². The van der Waals surface area contributed by atoms with Gasteiger partial charge in [0.2, 0.25) is 15.9 Å². The minimum Gasteiger partial charge on any atom is -0.324 e. The van der Waals surface area contributed by atoms with Crippen LogP contribution in [0.25, 0.3) is 0 Å². The minimum absolute atomic E-state index is 0.310. The average Bonchev–Trinajstić information content (AvgIpc) is 2.61. The van der Waals surface area contributed by atoms with Gasteiger partial charge in [0, 0.05) is 5.69 Å². The molecule has 0 unspecified atom stereocenters. The number of amides is 1. The molecular formula is C19H20ClF3N2O3S. The van der Waals surface area contributed by atoms with Crippen molar-refractivity contribution in [1.82, 2.24) is 0 Å². The topological polar surface area (TPSA) is 66.5 Å². The third-order valence-corrected chi connectivity index (χ3v) is 5.83. The Labute approximate surface area is 172 Å². The summed E-state index contributed by atoms with van der Waals surface area (Å²) in [4.78, 5) is 12.7. The molecule has 0 aliphatic carbocycles. The number of carbonyl (C=O) groups is 1. The van der Waals surface area contributed by atoms with E-state index < -0.39 is 38.7 Å². The highest BCUT2D eigenvalue weighted by molar-refractivity contribution is 7.92. The van der Waals surface area contributed by atoms with Crippen molar-refractivity contribution < 1.29 is 26.4 Å². The molecule has 0 radical (unpaired) electrons. The van der Waals surface area contributed by atoms with Gasteiger partial charge in [-0.2, -0.15) is 13.2 Å². The third kappa shape index (κ3) is 5.42. The van der Waals surface area contributed by atoms with Crippen LogP contribution in [0.15, 0.2) is 42.5 Å². The van der Waals surface area contributed by atoms with Crippen LogP contribution in [0.1, 0.15) is 25.0 Å². The van der Waals surface area contributed by atoms with Gasteiger partial charge in [-0.15, -0.1) is 0 Å². The molecule has 0 bridgehead atoms. The molecule has 0 spiro atoms. The number of hydrogen-bond donors (Lipinski definition) is 1. The Kier molecular flexibility index (Phi) is 6.85. The van der Waals surface area contributed by atoms with E-state index in [1.165, 1.54) is 6.92 Å². The Balaban J connectivity index is 2.45. The summed E-state index contributed by atoms with van der Waals surface area (Å²) in [6, 6.07) is 8.37. The molecule has 158 valence electrons. The fraction of sp³-hybridized carbons (Fsp3) is 0.316. The number of rotatable bonds is 6. The molecule has 1 amide bonds. The molecule has 2 aromatic rings. The van der Waals surface area contributed by atoms with Crippen molar-refractivity contribution in [2.24, 2.45) is 0 Å². The van der Waals surface area contributed by atoms with E-state index in [9.17, 15) is 26.4 Å². The Morgan fingerprint density at radius 1 is 1.21 bits per heavy atom. The van der Waals surface area contributed by atoms with Crippen LogP contribution < -0.4 is 9.62 Å². The van der Waals surface area contributed by atoms with E-state index in [2.05, 4.69) is 5.32 Å². The standard InChI is InChI=1S/C19H20ClF3N2O3S/c1-4-13-7-5-6-8-17(13)24-18(26)12(2)25(29(3,27)28)14-9-10-16(20)15(11-14)19(21,22)23/h5-12H,4H2,1-3H3,(H,24,26)/t12-/m1/s1. The minimum atomic E-state index is -4.78. The number of nitrogens with one attached hydrogen (secondary N) is 1. The van der Waals surface area contributed by atoms with Gasteiger partial charge in [0.1, 0.15) is 6.04 Å². The summed E-state index contributed by atoms with van der Waals surface area (Å²) in [6.07, 6.45) is -3.33. The molecule has 1 N–H and O–H groups in total. The molecule has 0 heterocycles. The van der Waals surface area contributed by atoms with Crippen molar-refractivity contribution in [3.8, 4) is 0 Å². The highest BCUT2D eigenvalue weighted by atomic mass is 35.5. The molecule has 0 saturated carbocycles. The molecule has 0 fully saturated rings. The maximum atomic E-state index is 13.2. The summed E-state index contributed by atoms with van der Waals surface area (Å²) in [7, 11) is -4.08. The highest BCUT2D eigenvalue weighted by Crippen LogP contribution is 2.37. The summed E-state index contributed by atoms with van der Waals surface area (Å²) >= 11 is 5.62. The Morgan fingerprint density at radius 2 is 1.83 bits per heavy atom. The second kappa shape index (κ2) is 8.62. The first-order valence-corrected chi connectivity index (χ1v) is 10.8. The number of halogens is 4. The predicted octanol–water partition coefficient (Wildman–Crippen LogP) is 4.71. The van der Waals surface area contributed by atoms with Gasteiger partial charge in [0.25, 0.3) is 0 Å². The van der Waals surface area contributed by atoms with Crippen LogP contribution in [0.2, 0.25) is 5.02 Å². The molecule has 10 heteroatoms. The number of carbonyl (C=O) groups excluding carboxylic acids is 1. The van der Waals surface area contributed by atoms with Gasteiger partial charge in [-0.1, -0.05) is 36.7 Å². The highest BCUT2D eigenvalue weighted by Gasteiger charge is 2.36. The van der Waals surface area contributed by atoms with Crippen molar-refractivity contribution >= 4 is 38.9 Å². The van der Waals surface area contributed by atoms with Crippen molar-refractivity contribution in [1.29, 1.82) is 0 Å². The van der Waals surface area contributed by atoms with Gasteiger partial charge in [-0.05, 0) is 43.2 Å².